The number of nitrogens with two attached hydrogens (primary N) is 1. The van der Waals surface area contributed by atoms with Gasteiger partial charge in [0.25, 0.3) is 0 Å². The number of hydrogen-bond acceptors (Lipinski definition) is 3. The van der Waals surface area contributed by atoms with Crippen LogP contribution in [0.25, 0.3) is 0 Å². The predicted molar refractivity (Wildman–Crippen MR) is 72.8 cm³/mol. The molecule has 2 aromatic rings. The van der Waals surface area contributed by atoms with Crippen LogP contribution in [0.2, 0.25) is 0 Å². The van der Waals surface area contributed by atoms with Crippen molar-refractivity contribution in [1.82, 2.24) is 15.0 Å². The van der Waals surface area contributed by atoms with Gasteiger partial charge in [0.05, 0.1) is 0 Å². The molecule has 0 saturated carbocycles. The molecule has 1 aromatic carbocycles. The van der Waals surface area contributed by atoms with Crippen LogP contribution in [0.15, 0.2) is 30.6 Å². The molecular formula is C14H18F2N4. The Hall–Kier alpha value is -1.79. The van der Waals surface area contributed by atoms with Crippen molar-refractivity contribution in [3.8, 4) is 0 Å². The van der Waals surface area contributed by atoms with Crippen molar-refractivity contribution < 1.29 is 8.78 Å². The molecule has 0 saturated heterocycles. The first-order valence-electron chi connectivity index (χ1n) is 6.54. The van der Waals surface area contributed by atoms with E-state index in [4.69, 9.17) is 5.84 Å². The van der Waals surface area contributed by atoms with Crippen LogP contribution in [0.4, 0.5) is 8.78 Å². The minimum Gasteiger partial charge on any atom is -0.335 e. The highest BCUT2D eigenvalue weighted by molar-refractivity contribution is 5.20. The van der Waals surface area contributed by atoms with Crippen LogP contribution in [0, 0.1) is 11.6 Å². The number of rotatable bonds is 6. The molecule has 0 amide bonds. The summed E-state index contributed by atoms with van der Waals surface area (Å²) in [4.78, 5) is 4.27. The molecule has 2 rings (SSSR count). The van der Waals surface area contributed by atoms with Crippen LogP contribution in [0.1, 0.15) is 18.3 Å². The molecule has 108 valence electrons. The summed E-state index contributed by atoms with van der Waals surface area (Å²) < 4.78 is 28.5. The second kappa shape index (κ2) is 6.58. The van der Waals surface area contributed by atoms with Gasteiger partial charge in [-0.05, 0) is 25.0 Å². The molecule has 0 spiro atoms. The molecule has 4 nitrogen and oxygen atoms in total. The highest BCUT2D eigenvalue weighted by Gasteiger charge is 2.14. The van der Waals surface area contributed by atoms with Gasteiger partial charge in [-0.2, -0.15) is 0 Å². The average Bonchev–Trinajstić information content (AvgIpc) is 2.88. The Labute approximate surface area is 116 Å². The number of nitrogens with zero attached hydrogens (tertiary/aromatic N) is 2. The van der Waals surface area contributed by atoms with Crippen LogP contribution in [-0.4, -0.2) is 15.6 Å². The van der Waals surface area contributed by atoms with Gasteiger partial charge < -0.3 is 4.57 Å². The molecule has 1 unspecified atom stereocenters. The fourth-order valence-corrected chi connectivity index (χ4v) is 2.18. The monoisotopic (exact) mass is 280 g/mol. The van der Waals surface area contributed by atoms with Crippen LogP contribution < -0.4 is 11.3 Å². The lowest BCUT2D eigenvalue weighted by Crippen LogP contribution is -2.39. The van der Waals surface area contributed by atoms with Crippen LogP contribution >= 0.6 is 0 Å². The molecule has 0 aliphatic heterocycles. The molecule has 1 atom stereocenters. The van der Waals surface area contributed by atoms with Gasteiger partial charge in [-0.1, -0.05) is 6.07 Å². The van der Waals surface area contributed by atoms with Crippen LogP contribution in [0.5, 0.6) is 0 Å². The molecule has 0 aliphatic carbocycles. The highest BCUT2D eigenvalue weighted by atomic mass is 19.1. The van der Waals surface area contributed by atoms with Crippen molar-refractivity contribution in [3.63, 3.8) is 0 Å². The minimum absolute atomic E-state index is 0.164. The van der Waals surface area contributed by atoms with E-state index in [1.165, 1.54) is 12.1 Å². The van der Waals surface area contributed by atoms with Crippen molar-refractivity contribution in [1.29, 1.82) is 0 Å². The van der Waals surface area contributed by atoms with Crippen LogP contribution in [0.3, 0.4) is 0 Å². The Bertz CT molecular complexity index is 568. The maximum Gasteiger partial charge on any atom is 0.129 e. The third kappa shape index (κ3) is 3.40. The second-order valence-electron chi connectivity index (χ2n) is 4.64. The zero-order valence-corrected chi connectivity index (χ0v) is 11.3. The van der Waals surface area contributed by atoms with E-state index in [1.54, 1.807) is 6.20 Å². The molecule has 0 aliphatic rings. The van der Waals surface area contributed by atoms with Crippen molar-refractivity contribution in [2.45, 2.75) is 32.4 Å². The number of aryl methyl sites for hydroxylation is 1. The predicted octanol–water partition coefficient (Wildman–Crippen LogP) is 1.80. The number of aromatic nitrogens is 2. The average molecular weight is 280 g/mol. The summed E-state index contributed by atoms with van der Waals surface area (Å²) in [6.45, 7) is 2.84. The minimum atomic E-state index is -0.579. The quantitative estimate of drug-likeness (QED) is 0.626. The van der Waals surface area contributed by atoms with E-state index in [-0.39, 0.29) is 6.04 Å². The van der Waals surface area contributed by atoms with Gasteiger partial charge in [0, 0.05) is 37.5 Å². The lowest BCUT2D eigenvalue weighted by atomic mass is 10.0. The number of imidazole rings is 1. The molecule has 3 N–H and O–H groups in total. The van der Waals surface area contributed by atoms with E-state index < -0.39 is 11.6 Å². The number of hydrazine groups is 1. The van der Waals surface area contributed by atoms with E-state index in [2.05, 4.69) is 10.4 Å². The van der Waals surface area contributed by atoms with Gasteiger partial charge >= 0.3 is 0 Å². The summed E-state index contributed by atoms with van der Waals surface area (Å²) in [6.07, 6.45) is 4.57. The molecule has 1 aromatic heterocycles. The summed E-state index contributed by atoms with van der Waals surface area (Å²) in [5.74, 6) is 5.28. The Kier molecular flexibility index (Phi) is 4.81. The highest BCUT2D eigenvalue weighted by Crippen LogP contribution is 2.13. The summed E-state index contributed by atoms with van der Waals surface area (Å²) in [7, 11) is 0. The van der Waals surface area contributed by atoms with Gasteiger partial charge in [-0.15, -0.1) is 0 Å². The molecule has 0 fully saturated rings. The summed E-state index contributed by atoms with van der Waals surface area (Å²) >= 11 is 0. The number of halogens is 2. The maximum atomic E-state index is 13.6. The van der Waals surface area contributed by atoms with Gasteiger partial charge in [-0.3, -0.25) is 11.3 Å². The van der Waals surface area contributed by atoms with E-state index in [0.717, 1.165) is 18.4 Å². The van der Waals surface area contributed by atoms with Crippen molar-refractivity contribution in [3.05, 3.63) is 53.6 Å². The fourth-order valence-electron chi connectivity index (χ4n) is 2.18. The van der Waals surface area contributed by atoms with Crippen LogP contribution in [-0.2, 0) is 19.4 Å². The lowest BCUT2D eigenvalue weighted by Gasteiger charge is -2.16. The smallest absolute Gasteiger partial charge is 0.129 e. The Morgan fingerprint density at radius 2 is 2.15 bits per heavy atom. The van der Waals surface area contributed by atoms with Gasteiger partial charge in [0.2, 0.25) is 0 Å². The normalized spacial score (nSPS) is 12.6. The van der Waals surface area contributed by atoms with Crippen molar-refractivity contribution in [2.24, 2.45) is 5.84 Å². The van der Waals surface area contributed by atoms with Crippen molar-refractivity contribution in [2.75, 3.05) is 0 Å². The van der Waals surface area contributed by atoms with E-state index in [9.17, 15) is 8.78 Å². The number of hydrogen-bond donors (Lipinski definition) is 2. The first-order valence-corrected chi connectivity index (χ1v) is 6.54. The Morgan fingerprint density at radius 1 is 1.35 bits per heavy atom. The molecule has 1 heterocycles. The van der Waals surface area contributed by atoms with Gasteiger partial charge in [0.1, 0.15) is 17.5 Å². The first-order chi connectivity index (χ1) is 9.63. The zero-order valence-electron chi connectivity index (χ0n) is 11.3. The molecule has 0 bridgehead atoms. The SMILES string of the molecule is CCn1ccnc1CC(Cc1ccc(F)cc1F)NN. The molecule has 6 heteroatoms. The van der Waals surface area contributed by atoms with Crippen molar-refractivity contribution >= 4 is 0 Å². The zero-order chi connectivity index (χ0) is 14.5. The summed E-state index contributed by atoms with van der Waals surface area (Å²) in [6, 6.07) is 3.42. The number of benzene rings is 1. The number of nitrogens with one attached hydrogen (secondary N) is 1. The summed E-state index contributed by atoms with van der Waals surface area (Å²) in [5.41, 5.74) is 3.10. The first kappa shape index (κ1) is 14.6. The second-order valence-corrected chi connectivity index (χ2v) is 4.64. The van der Waals surface area contributed by atoms with Gasteiger partial charge in [0.15, 0.2) is 0 Å². The van der Waals surface area contributed by atoms with E-state index in [0.29, 0.717) is 18.4 Å². The standard InChI is InChI=1S/C14H18F2N4/c1-2-20-6-5-18-14(20)9-12(19-17)7-10-3-4-11(15)8-13(10)16/h3-6,8,12,19H,2,7,9,17H2,1H3. The topological polar surface area (TPSA) is 55.9 Å². The molecule has 20 heavy (non-hydrogen) atoms. The van der Waals surface area contributed by atoms with Gasteiger partial charge in [-0.25, -0.2) is 13.8 Å². The maximum absolute atomic E-state index is 13.6. The lowest BCUT2D eigenvalue weighted by molar-refractivity contribution is 0.485. The molecule has 0 radical (unpaired) electrons. The third-order valence-electron chi connectivity index (χ3n) is 3.29. The fraction of sp³-hybridized carbons (Fsp3) is 0.357. The van der Waals surface area contributed by atoms with E-state index >= 15 is 0 Å². The largest absolute Gasteiger partial charge is 0.335 e. The molecular weight excluding hydrogens is 262 g/mol. The van der Waals surface area contributed by atoms with E-state index in [1.807, 2.05) is 17.7 Å². The third-order valence-corrected chi connectivity index (χ3v) is 3.29. The Balaban J connectivity index is 2.09. The Morgan fingerprint density at radius 3 is 2.80 bits per heavy atom. The summed E-state index contributed by atoms with van der Waals surface area (Å²) in [5, 5.41) is 0.